The Morgan fingerprint density at radius 2 is 1.73 bits per heavy atom. The van der Waals surface area contributed by atoms with E-state index < -0.39 is 0 Å². The lowest BCUT2D eigenvalue weighted by Crippen LogP contribution is -2.69. The van der Waals surface area contributed by atoms with Crippen LogP contribution < -0.4 is 0 Å². The standard InChI is InChI=1S/C37H42N2O2/c1-24-36-18-16-32(37(36)28(23-39(24)22-25-12-13-25)20-27-14-15-29(40)21-33(27)37)34(17-19-36)38(2)35(41)31-11-7-6-10-30(31)26-8-4-3-5-9-26/h3-11,14-15,21,24-25,28,32,34,40H,12-13,16-20,22-23H2,1-2H3. The molecule has 6 unspecified atom stereocenters. The molecule has 3 aromatic carbocycles. The Bertz CT molecular complexity index is 1500. The molecule has 3 saturated carbocycles. The van der Waals surface area contributed by atoms with E-state index in [1.54, 1.807) is 0 Å². The van der Waals surface area contributed by atoms with E-state index in [-0.39, 0.29) is 22.8 Å². The summed E-state index contributed by atoms with van der Waals surface area (Å²) in [7, 11) is 2.07. The first-order valence-electron chi connectivity index (χ1n) is 15.9. The van der Waals surface area contributed by atoms with Crippen LogP contribution in [0, 0.1) is 23.2 Å². The van der Waals surface area contributed by atoms with Gasteiger partial charge < -0.3 is 10.0 Å². The number of phenolic OH excluding ortho intramolecular Hbond substituents is 1. The van der Waals surface area contributed by atoms with Crippen LogP contribution in [0.4, 0.5) is 0 Å². The zero-order valence-corrected chi connectivity index (χ0v) is 24.4. The summed E-state index contributed by atoms with van der Waals surface area (Å²) in [5.41, 5.74) is 5.97. The molecule has 1 aliphatic heterocycles. The smallest absolute Gasteiger partial charge is 0.254 e. The number of rotatable bonds is 5. The van der Waals surface area contributed by atoms with Crippen molar-refractivity contribution in [3.8, 4) is 16.9 Å². The van der Waals surface area contributed by atoms with Crippen LogP contribution in [-0.2, 0) is 11.8 Å². The van der Waals surface area contributed by atoms with Gasteiger partial charge in [0.05, 0.1) is 0 Å². The molecule has 1 N–H and O–H groups in total. The van der Waals surface area contributed by atoms with Gasteiger partial charge in [-0.2, -0.15) is 0 Å². The number of piperidine rings is 1. The second-order valence-electron chi connectivity index (χ2n) is 13.9. The van der Waals surface area contributed by atoms with Crippen LogP contribution in [0.3, 0.4) is 0 Å². The van der Waals surface area contributed by atoms with Crippen molar-refractivity contribution in [2.45, 2.75) is 69.4 Å². The molecule has 1 spiro atoms. The van der Waals surface area contributed by atoms with E-state index in [1.165, 1.54) is 36.9 Å². The van der Waals surface area contributed by atoms with Crippen molar-refractivity contribution in [1.82, 2.24) is 9.80 Å². The fourth-order valence-corrected chi connectivity index (χ4v) is 10.6. The van der Waals surface area contributed by atoms with Gasteiger partial charge in [-0.1, -0.05) is 54.6 Å². The van der Waals surface area contributed by atoms with Gasteiger partial charge in [0.2, 0.25) is 0 Å². The monoisotopic (exact) mass is 546 g/mol. The number of hydrogen-bond acceptors (Lipinski definition) is 3. The third kappa shape index (κ3) is 3.52. The molecule has 4 aliphatic carbocycles. The number of aromatic hydroxyl groups is 1. The minimum Gasteiger partial charge on any atom is -0.508 e. The molecule has 4 heteroatoms. The maximum atomic E-state index is 14.4. The zero-order chi connectivity index (χ0) is 27.9. The van der Waals surface area contributed by atoms with Crippen LogP contribution in [-0.4, -0.2) is 53.0 Å². The molecule has 1 heterocycles. The maximum Gasteiger partial charge on any atom is 0.254 e. The molecule has 1 saturated heterocycles. The highest BCUT2D eigenvalue weighted by molar-refractivity contribution is 6.01. The van der Waals surface area contributed by atoms with Crippen LogP contribution in [0.25, 0.3) is 11.1 Å². The number of phenols is 1. The molecule has 4 nitrogen and oxygen atoms in total. The third-order valence-corrected chi connectivity index (χ3v) is 12.4. The number of fused-ring (bicyclic) bond motifs is 1. The molecule has 41 heavy (non-hydrogen) atoms. The van der Waals surface area contributed by atoms with Gasteiger partial charge in [-0.05, 0) is 115 Å². The molecular weight excluding hydrogens is 504 g/mol. The predicted octanol–water partition coefficient (Wildman–Crippen LogP) is 6.91. The molecule has 3 aromatic rings. The summed E-state index contributed by atoms with van der Waals surface area (Å²) in [6, 6.07) is 25.4. The Morgan fingerprint density at radius 3 is 2.54 bits per heavy atom. The summed E-state index contributed by atoms with van der Waals surface area (Å²) in [6.45, 7) is 4.92. The fraction of sp³-hybridized carbons (Fsp3) is 0.486. The van der Waals surface area contributed by atoms with Crippen LogP contribution in [0.15, 0.2) is 72.8 Å². The summed E-state index contributed by atoms with van der Waals surface area (Å²) in [4.78, 5) is 19.4. The van der Waals surface area contributed by atoms with E-state index in [4.69, 9.17) is 0 Å². The lowest BCUT2D eigenvalue weighted by Gasteiger charge is -2.65. The van der Waals surface area contributed by atoms with E-state index in [0.29, 0.717) is 23.6 Å². The third-order valence-electron chi connectivity index (χ3n) is 12.4. The van der Waals surface area contributed by atoms with Crippen molar-refractivity contribution in [2.75, 3.05) is 20.1 Å². The summed E-state index contributed by atoms with van der Waals surface area (Å²) in [5, 5.41) is 10.8. The fourth-order valence-electron chi connectivity index (χ4n) is 10.6. The van der Waals surface area contributed by atoms with Crippen LogP contribution in [0.5, 0.6) is 5.75 Å². The lowest BCUT2D eigenvalue weighted by molar-refractivity contribution is -0.116. The van der Waals surface area contributed by atoms with E-state index >= 15 is 0 Å². The topological polar surface area (TPSA) is 43.8 Å². The highest BCUT2D eigenvalue weighted by atomic mass is 16.3. The predicted molar refractivity (Wildman–Crippen MR) is 163 cm³/mol. The van der Waals surface area contributed by atoms with Gasteiger partial charge in [-0.15, -0.1) is 0 Å². The van der Waals surface area contributed by atoms with E-state index in [1.807, 2.05) is 42.5 Å². The van der Waals surface area contributed by atoms with Crippen molar-refractivity contribution in [3.05, 3.63) is 89.5 Å². The normalized spacial score (nSPS) is 33.6. The number of likely N-dealkylation sites (tertiary alicyclic amines) is 1. The number of carbonyl (C=O) groups is 1. The number of nitrogens with zero attached hydrogens (tertiary/aromatic N) is 2. The maximum absolute atomic E-state index is 14.4. The Labute approximate surface area is 244 Å². The number of benzene rings is 3. The molecule has 8 rings (SSSR count). The van der Waals surface area contributed by atoms with Crippen LogP contribution >= 0.6 is 0 Å². The van der Waals surface area contributed by atoms with Crippen LogP contribution in [0.1, 0.15) is 66.9 Å². The number of carbonyl (C=O) groups excluding carboxylic acids is 1. The molecule has 5 aliphatic rings. The van der Waals surface area contributed by atoms with Crippen molar-refractivity contribution < 1.29 is 9.90 Å². The summed E-state index contributed by atoms with van der Waals surface area (Å²) < 4.78 is 0. The summed E-state index contributed by atoms with van der Waals surface area (Å²) >= 11 is 0. The first-order chi connectivity index (χ1) is 19.9. The number of hydrogen-bond donors (Lipinski definition) is 1. The van der Waals surface area contributed by atoms with E-state index in [2.05, 4.69) is 54.1 Å². The van der Waals surface area contributed by atoms with Crippen molar-refractivity contribution in [3.63, 3.8) is 0 Å². The van der Waals surface area contributed by atoms with Gasteiger partial charge >= 0.3 is 0 Å². The molecule has 1 amide bonds. The lowest BCUT2D eigenvalue weighted by atomic mass is 9.45. The second kappa shape index (κ2) is 9.19. The van der Waals surface area contributed by atoms with Gasteiger partial charge in [0.25, 0.3) is 5.91 Å². The SMILES string of the molecule is CC1N(CC2CC2)CC2Cc3ccc(O)cc3C23C2CCC13CCC2N(C)C(=O)c1ccccc1-c1ccccc1. The van der Waals surface area contributed by atoms with Crippen molar-refractivity contribution in [1.29, 1.82) is 0 Å². The minimum atomic E-state index is 0.0247. The van der Waals surface area contributed by atoms with Gasteiger partial charge in [-0.25, -0.2) is 0 Å². The Morgan fingerprint density at radius 1 is 0.976 bits per heavy atom. The molecule has 2 bridgehead atoms. The quantitative estimate of drug-likeness (QED) is 0.378. The molecule has 4 fully saturated rings. The highest BCUT2D eigenvalue weighted by Crippen LogP contribution is 2.74. The Hall–Kier alpha value is -3.11. The first-order valence-corrected chi connectivity index (χ1v) is 15.9. The van der Waals surface area contributed by atoms with Gasteiger partial charge in [0.1, 0.15) is 5.75 Å². The van der Waals surface area contributed by atoms with Gasteiger partial charge in [0, 0.05) is 43.2 Å². The van der Waals surface area contributed by atoms with Gasteiger partial charge in [-0.3, -0.25) is 9.69 Å². The van der Waals surface area contributed by atoms with E-state index in [9.17, 15) is 9.90 Å². The largest absolute Gasteiger partial charge is 0.508 e. The van der Waals surface area contributed by atoms with Gasteiger partial charge in [0.15, 0.2) is 0 Å². The highest BCUT2D eigenvalue weighted by Gasteiger charge is 2.74. The average Bonchev–Trinajstić information content (AvgIpc) is 3.73. The average molecular weight is 547 g/mol. The first kappa shape index (κ1) is 25.6. The zero-order valence-electron chi connectivity index (χ0n) is 24.4. The van der Waals surface area contributed by atoms with Crippen molar-refractivity contribution >= 4 is 5.91 Å². The minimum absolute atomic E-state index is 0.0247. The second-order valence-corrected chi connectivity index (χ2v) is 13.9. The summed E-state index contributed by atoms with van der Waals surface area (Å²) in [5.74, 6) is 2.37. The molecule has 212 valence electrons. The summed E-state index contributed by atoms with van der Waals surface area (Å²) in [6.07, 6.45) is 8.48. The van der Waals surface area contributed by atoms with Crippen LogP contribution in [0.2, 0.25) is 0 Å². The number of amides is 1. The molecule has 6 atom stereocenters. The molecular formula is C37H42N2O2. The molecule has 0 aromatic heterocycles. The van der Waals surface area contributed by atoms with E-state index in [0.717, 1.165) is 54.8 Å². The Kier molecular flexibility index (Phi) is 5.74. The molecule has 0 radical (unpaired) electrons. The van der Waals surface area contributed by atoms with Crippen molar-refractivity contribution in [2.24, 2.45) is 23.2 Å². The Balaban J connectivity index is 1.20.